The van der Waals surface area contributed by atoms with E-state index in [2.05, 4.69) is 19.9 Å². The van der Waals surface area contributed by atoms with Gasteiger partial charge in [-0.2, -0.15) is 0 Å². The summed E-state index contributed by atoms with van der Waals surface area (Å²) in [7, 11) is 0. The smallest absolute Gasteiger partial charge is 0.0625 e. The van der Waals surface area contributed by atoms with Crippen LogP contribution in [0.5, 0.6) is 0 Å². The summed E-state index contributed by atoms with van der Waals surface area (Å²) < 4.78 is 0. The van der Waals surface area contributed by atoms with Crippen molar-refractivity contribution in [2.75, 3.05) is 0 Å². The van der Waals surface area contributed by atoms with Gasteiger partial charge in [0.15, 0.2) is 0 Å². The minimum Gasteiger partial charge on any atom is -0.392 e. The van der Waals surface area contributed by atoms with Crippen LogP contribution in [0.4, 0.5) is 0 Å². The van der Waals surface area contributed by atoms with Crippen LogP contribution in [0.25, 0.3) is 0 Å². The second-order valence-electron chi connectivity index (χ2n) is 3.28. The Morgan fingerprint density at radius 2 is 2.00 bits per heavy atom. The average molecular weight is 156 g/mol. The molecule has 0 saturated carbocycles. The fourth-order valence-electron chi connectivity index (χ4n) is 1.31. The number of hydrogen-bond acceptors (Lipinski definition) is 1. The van der Waals surface area contributed by atoms with Crippen molar-refractivity contribution in [2.24, 2.45) is 5.41 Å². The van der Waals surface area contributed by atoms with Crippen LogP contribution in [0.15, 0.2) is 12.2 Å². The summed E-state index contributed by atoms with van der Waals surface area (Å²) >= 11 is 0. The van der Waals surface area contributed by atoms with Crippen molar-refractivity contribution in [3.8, 4) is 0 Å². The molecule has 0 aromatic rings. The van der Waals surface area contributed by atoms with Gasteiger partial charge in [-0.25, -0.2) is 0 Å². The summed E-state index contributed by atoms with van der Waals surface area (Å²) in [6.45, 7) is 8.22. The molecule has 0 heterocycles. The van der Waals surface area contributed by atoms with E-state index in [0.717, 1.165) is 12.8 Å². The highest BCUT2D eigenvalue weighted by Gasteiger charge is 2.26. The predicted octanol–water partition coefficient (Wildman–Crippen LogP) is 2.75. The highest BCUT2D eigenvalue weighted by Crippen LogP contribution is 2.29. The molecule has 0 aliphatic heterocycles. The topological polar surface area (TPSA) is 20.2 Å². The van der Waals surface area contributed by atoms with Gasteiger partial charge in [0, 0.05) is 5.41 Å². The van der Waals surface area contributed by atoms with E-state index in [1.165, 1.54) is 0 Å². The van der Waals surface area contributed by atoms with Crippen LogP contribution in [0.3, 0.4) is 0 Å². The van der Waals surface area contributed by atoms with Crippen molar-refractivity contribution in [1.82, 2.24) is 0 Å². The Labute approximate surface area is 70.1 Å². The molecule has 0 spiro atoms. The number of rotatable bonds is 4. The molecule has 2 unspecified atom stereocenters. The Balaban J connectivity index is 4.31. The lowest BCUT2D eigenvalue weighted by molar-refractivity contribution is 0.0642. The van der Waals surface area contributed by atoms with Gasteiger partial charge in [0.2, 0.25) is 0 Å². The maximum Gasteiger partial charge on any atom is 0.0625 e. The van der Waals surface area contributed by atoms with Crippen LogP contribution in [0.2, 0.25) is 0 Å². The summed E-state index contributed by atoms with van der Waals surface area (Å²) in [5.41, 5.74) is -0.0243. The Hall–Kier alpha value is -0.300. The lowest BCUT2D eigenvalue weighted by Gasteiger charge is -2.29. The molecule has 11 heavy (non-hydrogen) atoms. The summed E-state index contributed by atoms with van der Waals surface area (Å²) in [6, 6.07) is 0. The maximum atomic E-state index is 9.66. The Bertz CT molecular complexity index is 129. The SMILES string of the molecule is C/C=C/C(C)(CC)C(O)CC. The van der Waals surface area contributed by atoms with Crippen LogP contribution >= 0.6 is 0 Å². The van der Waals surface area contributed by atoms with E-state index in [1.54, 1.807) is 0 Å². The highest BCUT2D eigenvalue weighted by atomic mass is 16.3. The number of allylic oxidation sites excluding steroid dienone is 1. The van der Waals surface area contributed by atoms with Gasteiger partial charge in [-0.3, -0.25) is 0 Å². The van der Waals surface area contributed by atoms with E-state index in [1.807, 2.05) is 19.9 Å². The molecule has 0 radical (unpaired) electrons. The summed E-state index contributed by atoms with van der Waals surface area (Å²) in [6.07, 6.45) is 5.73. The lowest BCUT2D eigenvalue weighted by Crippen LogP contribution is -2.28. The van der Waals surface area contributed by atoms with E-state index in [9.17, 15) is 5.11 Å². The molecule has 0 saturated heterocycles. The summed E-state index contributed by atoms with van der Waals surface area (Å²) in [5, 5.41) is 9.66. The third kappa shape index (κ3) is 2.66. The standard InChI is InChI=1S/C10H20O/c1-5-8-10(4,7-3)9(11)6-2/h5,8-9,11H,6-7H2,1-4H3/b8-5+. The first-order valence-electron chi connectivity index (χ1n) is 4.42. The number of aliphatic hydroxyl groups is 1. The molecular weight excluding hydrogens is 136 g/mol. The molecule has 0 aliphatic rings. The molecule has 1 heteroatoms. The molecule has 0 rings (SSSR count). The molecule has 0 aromatic carbocycles. The molecule has 2 atom stereocenters. The van der Waals surface area contributed by atoms with Crippen molar-refractivity contribution in [2.45, 2.75) is 46.6 Å². The van der Waals surface area contributed by atoms with Crippen LogP contribution in [0, 0.1) is 5.41 Å². The van der Waals surface area contributed by atoms with Gasteiger partial charge in [-0.1, -0.05) is 32.9 Å². The zero-order chi connectivity index (χ0) is 8.91. The van der Waals surface area contributed by atoms with E-state index in [4.69, 9.17) is 0 Å². The zero-order valence-corrected chi connectivity index (χ0v) is 8.09. The summed E-state index contributed by atoms with van der Waals surface area (Å²) in [5.74, 6) is 0. The van der Waals surface area contributed by atoms with Crippen molar-refractivity contribution in [1.29, 1.82) is 0 Å². The molecule has 66 valence electrons. The Morgan fingerprint density at radius 3 is 2.27 bits per heavy atom. The molecular formula is C10H20O. The van der Waals surface area contributed by atoms with Crippen LogP contribution in [0.1, 0.15) is 40.5 Å². The van der Waals surface area contributed by atoms with Gasteiger partial charge in [-0.05, 0) is 19.8 Å². The zero-order valence-electron chi connectivity index (χ0n) is 8.09. The first-order chi connectivity index (χ1) is 5.10. The van der Waals surface area contributed by atoms with Gasteiger partial charge >= 0.3 is 0 Å². The second-order valence-corrected chi connectivity index (χ2v) is 3.28. The quantitative estimate of drug-likeness (QED) is 0.620. The van der Waals surface area contributed by atoms with E-state index in [-0.39, 0.29) is 11.5 Å². The number of hydrogen-bond donors (Lipinski definition) is 1. The molecule has 0 aromatic heterocycles. The van der Waals surface area contributed by atoms with Gasteiger partial charge in [0.05, 0.1) is 6.10 Å². The van der Waals surface area contributed by atoms with Crippen molar-refractivity contribution in [3.63, 3.8) is 0 Å². The maximum absolute atomic E-state index is 9.66. The molecule has 0 amide bonds. The van der Waals surface area contributed by atoms with Gasteiger partial charge in [-0.15, -0.1) is 0 Å². The summed E-state index contributed by atoms with van der Waals surface area (Å²) in [4.78, 5) is 0. The Kier molecular flexibility index (Phi) is 4.43. The number of aliphatic hydroxyl groups excluding tert-OH is 1. The van der Waals surface area contributed by atoms with Crippen LogP contribution in [-0.4, -0.2) is 11.2 Å². The molecule has 0 aliphatic carbocycles. The first kappa shape index (κ1) is 10.7. The molecule has 1 nitrogen and oxygen atoms in total. The normalized spacial score (nSPS) is 20.1. The predicted molar refractivity (Wildman–Crippen MR) is 49.5 cm³/mol. The average Bonchev–Trinajstić information content (AvgIpc) is 2.03. The van der Waals surface area contributed by atoms with E-state index < -0.39 is 0 Å². The van der Waals surface area contributed by atoms with E-state index in [0.29, 0.717) is 0 Å². The lowest BCUT2D eigenvalue weighted by atomic mass is 9.80. The van der Waals surface area contributed by atoms with Gasteiger partial charge in [0.1, 0.15) is 0 Å². The largest absolute Gasteiger partial charge is 0.392 e. The van der Waals surface area contributed by atoms with Crippen molar-refractivity contribution >= 4 is 0 Å². The van der Waals surface area contributed by atoms with Gasteiger partial charge < -0.3 is 5.11 Å². The van der Waals surface area contributed by atoms with Crippen LogP contribution < -0.4 is 0 Å². The van der Waals surface area contributed by atoms with Crippen molar-refractivity contribution in [3.05, 3.63) is 12.2 Å². The third-order valence-electron chi connectivity index (χ3n) is 2.46. The minimum absolute atomic E-state index is 0.0243. The first-order valence-corrected chi connectivity index (χ1v) is 4.42. The molecule has 0 bridgehead atoms. The third-order valence-corrected chi connectivity index (χ3v) is 2.46. The second kappa shape index (κ2) is 4.55. The fraction of sp³-hybridized carbons (Fsp3) is 0.800. The molecule has 0 fully saturated rings. The fourth-order valence-corrected chi connectivity index (χ4v) is 1.31. The monoisotopic (exact) mass is 156 g/mol. The highest BCUT2D eigenvalue weighted by molar-refractivity contribution is 4.98. The Morgan fingerprint density at radius 1 is 1.45 bits per heavy atom. The van der Waals surface area contributed by atoms with Gasteiger partial charge in [0.25, 0.3) is 0 Å². The van der Waals surface area contributed by atoms with Crippen molar-refractivity contribution < 1.29 is 5.11 Å². The minimum atomic E-state index is -0.205. The van der Waals surface area contributed by atoms with Crippen LogP contribution in [-0.2, 0) is 0 Å². The molecule has 1 N–H and O–H groups in total. The van der Waals surface area contributed by atoms with E-state index >= 15 is 0 Å².